The van der Waals surface area contributed by atoms with Crippen LogP contribution in [0.15, 0.2) is 24.3 Å². The Morgan fingerprint density at radius 2 is 1.59 bits per heavy atom. The van der Waals surface area contributed by atoms with Gasteiger partial charge in [-0.1, -0.05) is 44.5 Å². The second kappa shape index (κ2) is 7.03. The Hall–Kier alpha value is -0.530. The lowest BCUT2D eigenvalue weighted by atomic mass is 10.0. The molecule has 0 spiro atoms. The molecule has 0 aliphatic carbocycles. The molecule has 1 aromatic carbocycles. The van der Waals surface area contributed by atoms with E-state index in [1.807, 2.05) is 0 Å². The summed E-state index contributed by atoms with van der Waals surface area (Å²) in [7, 11) is 0. The maximum Gasteiger partial charge on any atom is 0.0233 e. The maximum absolute atomic E-state index is 2.58. The van der Waals surface area contributed by atoms with Crippen molar-refractivity contribution in [2.45, 2.75) is 45.6 Å². The zero-order valence-corrected chi connectivity index (χ0v) is 11.8. The van der Waals surface area contributed by atoms with Gasteiger partial charge in [0.1, 0.15) is 0 Å². The van der Waals surface area contributed by atoms with Gasteiger partial charge in [0, 0.05) is 6.54 Å². The summed E-state index contributed by atoms with van der Waals surface area (Å²) >= 11 is 0. The minimum Gasteiger partial charge on any atom is -0.299 e. The summed E-state index contributed by atoms with van der Waals surface area (Å²) in [5, 5.41) is 0. The molecule has 17 heavy (non-hydrogen) atoms. The fourth-order valence-corrected chi connectivity index (χ4v) is 2.38. The number of likely N-dealkylation sites (tertiary alicyclic amines) is 1. The van der Waals surface area contributed by atoms with Crippen LogP contribution in [0.25, 0.3) is 0 Å². The van der Waals surface area contributed by atoms with Crippen molar-refractivity contribution in [1.82, 2.24) is 4.90 Å². The first kappa shape index (κ1) is 14.5. The Labute approximate surface area is 112 Å². The first-order valence-electron chi connectivity index (χ1n) is 6.57. The lowest BCUT2D eigenvalue weighted by Gasteiger charge is -2.26. The minimum atomic E-state index is 0. The van der Waals surface area contributed by atoms with Gasteiger partial charge in [0.2, 0.25) is 0 Å². The van der Waals surface area contributed by atoms with Gasteiger partial charge in [-0.2, -0.15) is 0 Å². The lowest BCUT2D eigenvalue weighted by molar-refractivity contribution is 0.221. The van der Waals surface area contributed by atoms with E-state index in [1.165, 1.54) is 43.5 Å². The molecule has 0 N–H and O–H groups in total. The van der Waals surface area contributed by atoms with Gasteiger partial charge < -0.3 is 0 Å². The van der Waals surface area contributed by atoms with E-state index in [9.17, 15) is 0 Å². The van der Waals surface area contributed by atoms with Crippen LogP contribution in [0, 0.1) is 0 Å². The molecule has 0 radical (unpaired) electrons. The molecule has 96 valence electrons. The van der Waals surface area contributed by atoms with Gasteiger partial charge in [-0.25, -0.2) is 0 Å². The summed E-state index contributed by atoms with van der Waals surface area (Å²) in [6.07, 6.45) is 4.18. The Bertz CT molecular complexity index is 312. The first-order valence-corrected chi connectivity index (χ1v) is 6.57. The molecule has 0 saturated carbocycles. The van der Waals surface area contributed by atoms with Gasteiger partial charge in [-0.15, -0.1) is 12.4 Å². The van der Waals surface area contributed by atoms with Crippen LogP contribution in [-0.2, 0) is 6.54 Å². The Morgan fingerprint density at radius 1 is 1.00 bits per heavy atom. The Balaban J connectivity index is 0.00000144. The van der Waals surface area contributed by atoms with Crippen molar-refractivity contribution in [1.29, 1.82) is 0 Å². The van der Waals surface area contributed by atoms with Gasteiger partial charge in [0.15, 0.2) is 0 Å². The van der Waals surface area contributed by atoms with E-state index in [0.717, 1.165) is 6.54 Å². The molecule has 0 unspecified atom stereocenters. The third-order valence-electron chi connectivity index (χ3n) is 3.50. The van der Waals surface area contributed by atoms with Crippen LogP contribution >= 0.6 is 12.4 Å². The van der Waals surface area contributed by atoms with E-state index >= 15 is 0 Å². The monoisotopic (exact) mass is 253 g/mol. The molecule has 0 amide bonds. The number of halogens is 1. The van der Waals surface area contributed by atoms with E-state index in [-0.39, 0.29) is 12.4 Å². The Morgan fingerprint density at radius 3 is 2.12 bits per heavy atom. The fourth-order valence-electron chi connectivity index (χ4n) is 2.38. The maximum atomic E-state index is 2.58. The Kier molecular flexibility index (Phi) is 6.01. The van der Waals surface area contributed by atoms with Gasteiger partial charge in [-0.3, -0.25) is 4.90 Å². The molecular weight excluding hydrogens is 230 g/mol. The van der Waals surface area contributed by atoms with Crippen LogP contribution in [0.2, 0.25) is 0 Å². The number of hydrogen-bond donors (Lipinski definition) is 0. The second-order valence-corrected chi connectivity index (χ2v) is 5.23. The number of nitrogens with zero attached hydrogens (tertiary/aromatic N) is 1. The molecule has 1 saturated heterocycles. The van der Waals surface area contributed by atoms with Gasteiger partial charge in [0.25, 0.3) is 0 Å². The molecule has 1 fully saturated rings. The molecule has 1 aliphatic rings. The van der Waals surface area contributed by atoms with Crippen molar-refractivity contribution in [3.8, 4) is 0 Å². The summed E-state index contributed by atoms with van der Waals surface area (Å²) in [5.41, 5.74) is 2.91. The summed E-state index contributed by atoms with van der Waals surface area (Å²) in [6, 6.07) is 9.15. The van der Waals surface area contributed by atoms with E-state index in [1.54, 1.807) is 0 Å². The first-order chi connectivity index (χ1) is 7.75. The third kappa shape index (κ3) is 4.33. The molecule has 2 heteroatoms. The molecule has 0 aromatic heterocycles. The topological polar surface area (TPSA) is 3.24 Å². The third-order valence-corrected chi connectivity index (χ3v) is 3.50. The molecule has 1 heterocycles. The number of hydrogen-bond acceptors (Lipinski definition) is 1. The second-order valence-electron chi connectivity index (χ2n) is 5.23. The van der Waals surface area contributed by atoms with E-state index in [0.29, 0.717) is 5.92 Å². The number of benzene rings is 1. The minimum absolute atomic E-state index is 0. The van der Waals surface area contributed by atoms with Crippen LogP contribution in [0.3, 0.4) is 0 Å². The van der Waals surface area contributed by atoms with Crippen molar-refractivity contribution < 1.29 is 0 Å². The average molecular weight is 254 g/mol. The van der Waals surface area contributed by atoms with E-state index < -0.39 is 0 Å². The van der Waals surface area contributed by atoms with Crippen LogP contribution in [-0.4, -0.2) is 18.0 Å². The highest BCUT2D eigenvalue weighted by molar-refractivity contribution is 5.85. The quantitative estimate of drug-likeness (QED) is 0.780. The van der Waals surface area contributed by atoms with Gasteiger partial charge >= 0.3 is 0 Å². The molecule has 0 bridgehead atoms. The molecular formula is C15H24ClN. The number of piperidine rings is 1. The molecule has 1 nitrogen and oxygen atoms in total. The molecule has 0 atom stereocenters. The lowest BCUT2D eigenvalue weighted by Crippen LogP contribution is -2.29. The van der Waals surface area contributed by atoms with Crippen LogP contribution in [0.5, 0.6) is 0 Å². The zero-order chi connectivity index (χ0) is 11.4. The van der Waals surface area contributed by atoms with Crippen molar-refractivity contribution >= 4 is 12.4 Å². The molecule has 1 aromatic rings. The van der Waals surface area contributed by atoms with Gasteiger partial charge in [-0.05, 0) is 43.0 Å². The highest BCUT2D eigenvalue weighted by Crippen LogP contribution is 2.17. The smallest absolute Gasteiger partial charge is 0.0233 e. The highest BCUT2D eigenvalue weighted by Gasteiger charge is 2.10. The zero-order valence-electron chi connectivity index (χ0n) is 11.0. The fraction of sp³-hybridized carbons (Fsp3) is 0.600. The normalized spacial score (nSPS) is 16.9. The van der Waals surface area contributed by atoms with Crippen LogP contribution in [0.1, 0.15) is 50.2 Å². The van der Waals surface area contributed by atoms with Crippen molar-refractivity contribution in [2.24, 2.45) is 0 Å². The number of rotatable bonds is 3. The van der Waals surface area contributed by atoms with Crippen molar-refractivity contribution in [3.05, 3.63) is 35.4 Å². The van der Waals surface area contributed by atoms with Crippen molar-refractivity contribution in [2.75, 3.05) is 13.1 Å². The summed E-state index contributed by atoms with van der Waals surface area (Å²) in [4.78, 5) is 2.58. The standard InChI is InChI=1S/C15H23N.ClH/c1-13(2)15-8-6-14(7-9-15)12-16-10-4-3-5-11-16;/h6-9,13H,3-5,10-12H2,1-2H3;1H. The van der Waals surface area contributed by atoms with E-state index in [4.69, 9.17) is 0 Å². The predicted molar refractivity (Wildman–Crippen MR) is 76.9 cm³/mol. The van der Waals surface area contributed by atoms with Crippen LogP contribution < -0.4 is 0 Å². The summed E-state index contributed by atoms with van der Waals surface area (Å²) < 4.78 is 0. The van der Waals surface area contributed by atoms with E-state index in [2.05, 4.69) is 43.0 Å². The average Bonchev–Trinajstić information content (AvgIpc) is 2.31. The van der Waals surface area contributed by atoms with Gasteiger partial charge in [0.05, 0.1) is 0 Å². The SMILES string of the molecule is CC(C)c1ccc(CN2CCCCC2)cc1.Cl. The van der Waals surface area contributed by atoms with Crippen LogP contribution in [0.4, 0.5) is 0 Å². The summed E-state index contributed by atoms with van der Waals surface area (Å²) in [6.45, 7) is 8.20. The highest BCUT2D eigenvalue weighted by atomic mass is 35.5. The summed E-state index contributed by atoms with van der Waals surface area (Å²) in [5.74, 6) is 0.643. The predicted octanol–water partition coefficient (Wildman–Crippen LogP) is 4.22. The molecule has 2 rings (SSSR count). The van der Waals surface area contributed by atoms with Crippen molar-refractivity contribution in [3.63, 3.8) is 0 Å². The molecule has 1 aliphatic heterocycles. The largest absolute Gasteiger partial charge is 0.299 e.